The molecule has 0 bridgehead atoms. The average Bonchev–Trinajstić information content (AvgIpc) is 2.16. The molecule has 0 saturated heterocycles. The second-order valence-corrected chi connectivity index (χ2v) is 4.61. The Hall–Kier alpha value is -1.02. The molecule has 15 heavy (non-hydrogen) atoms. The molecular formula is C13H19NO. The van der Waals surface area contributed by atoms with Crippen LogP contribution < -0.4 is 10.5 Å². The minimum absolute atomic E-state index is 0.453. The van der Waals surface area contributed by atoms with Gasteiger partial charge in [-0.2, -0.15) is 0 Å². The highest BCUT2D eigenvalue weighted by molar-refractivity contribution is 5.36. The van der Waals surface area contributed by atoms with Gasteiger partial charge in [-0.3, -0.25) is 0 Å². The van der Waals surface area contributed by atoms with Crippen molar-refractivity contribution in [3.63, 3.8) is 0 Å². The van der Waals surface area contributed by atoms with Crippen molar-refractivity contribution in [2.24, 2.45) is 11.7 Å². The summed E-state index contributed by atoms with van der Waals surface area (Å²) in [6.45, 7) is 2.09. The summed E-state index contributed by atoms with van der Waals surface area (Å²) in [4.78, 5) is 0. The minimum Gasteiger partial charge on any atom is -0.496 e. The van der Waals surface area contributed by atoms with Gasteiger partial charge in [0.1, 0.15) is 5.75 Å². The van der Waals surface area contributed by atoms with Gasteiger partial charge in [0.15, 0.2) is 0 Å². The molecule has 0 unspecified atom stereocenters. The van der Waals surface area contributed by atoms with Gasteiger partial charge in [0, 0.05) is 6.04 Å². The molecule has 2 rings (SSSR count). The second kappa shape index (κ2) is 4.23. The van der Waals surface area contributed by atoms with Crippen molar-refractivity contribution in [2.75, 3.05) is 7.11 Å². The first kappa shape index (κ1) is 10.5. The lowest BCUT2D eigenvalue weighted by molar-refractivity contribution is 0.264. The Kier molecular flexibility index (Phi) is 2.96. The smallest absolute Gasteiger partial charge is 0.121 e. The van der Waals surface area contributed by atoms with Crippen LogP contribution in [0.3, 0.4) is 0 Å². The minimum atomic E-state index is 0.453. The fraction of sp³-hybridized carbons (Fsp3) is 0.538. The molecule has 1 aromatic rings. The van der Waals surface area contributed by atoms with Gasteiger partial charge in [-0.15, -0.1) is 0 Å². The van der Waals surface area contributed by atoms with Gasteiger partial charge in [0.2, 0.25) is 0 Å². The fourth-order valence-corrected chi connectivity index (χ4v) is 2.35. The summed E-state index contributed by atoms with van der Waals surface area (Å²) in [7, 11) is 1.72. The molecule has 0 heterocycles. The maximum atomic E-state index is 5.78. The normalized spacial score (nSPS) is 24.7. The third-order valence-electron chi connectivity index (χ3n) is 3.26. The standard InChI is InChI=1S/C13H19NO/c1-9-5-10(3-4-13(9)15-2)6-11-7-12(14)8-11/h3-5,11-12H,6-8,14H2,1-2H3. The van der Waals surface area contributed by atoms with Crippen molar-refractivity contribution in [3.8, 4) is 5.75 Å². The van der Waals surface area contributed by atoms with Crippen molar-refractivity contribution in [2.45, 2.75) is 32.2 Å². The Morgan fingerprint density at radius 1 is 1.40 bits per heavy atom. The molecule has 2 N–H and O–H groups in total. The summed E-state index contributed by atoms with van der Waals surface area (Å²) in [5, 5.41) is 0. The zero-order chi connectivity index (χ0) is 10.8. The maximum Gasteiger partial charge on any atom is 0.121 e. The molecule has 0 atom stereocenters. The second-order valence-electron chi connectivity index (χ2n) is 4.61. The summed E-state index contributed by atoms with van der Waals surface area (Å²) in [5.41, 5.74) is 8.41. The van der Waals surface area contributed by atoms with Crippen molar-refractivity contribution in [1.29, 1.82) is 0 Å². The molecule has 82 valence electrons. The lowest BCUT2D eigenvalue weighted by Crippen LogP contribution is -2.37. The summed E-state index contributed by atoms with van der Waals surface area (Å²) in [6.07, 6.45) is 3.54. The molecule has 1 saturated carbocycles. The molecular weight excluding hydrogens is 186 g/mol. The van der Waals surface area contributed by atoms with Gasteiger partial charge < -0.3 is 10.5 Å². The van der Waals surface area contributed by atoms with Crippen LogP contribution in [0.25, 0.3) is 0 Å². The molecule has 1 aliphatic rings. The quantitative estimate of drug-likeness (QED) is 0.821. The van der Waals surface area contributed by atoms with Crippen molar-refractivity contribution < 1.29 is 4.74 Å². The molecule has 0 amide bonds. The summed E-state index contributed by atoms with van der Waals surface area (Å²) < 4.78 is 5.24. The number of benzene rings is 1. The maximum absolute atomic E-state index is 5.78. The molecule has 2 heteroatoms. The topological polar surface area (TPSA) is 35.2 Å². The lowest BCUT2D eigenvalue weighted by Gasteiger charge is -2.32. The molecule has 1 aliphatic carbocycles. The van der Waals surface area contributed by atoms with E-state index in [2.05, 4.69) is 25.1 Å². The predicted octanol–water partition coefficient (Wildman–Crippen LogP) is 2.28. The van der Waals surface area contributed by atoms with Crippen LogP contribution in [0.5, 0.6) is 5.75 Å². The number of ether oxygens (including phenoxy) is 1. The largest absolute Gasteiger partial charge is 0.496 e. The van der Waals surface area contributed by atoms with Crippen LogP contribution in [0.2, 0.25) is 0 Å². The number of hydrogen-bond acceptors (Lipinski definition) is 2. The Morgan fingerprint density at radius 2 is 2.13 bits per heavy atom. The average molecular weight is 205 g/mol. The van der Waals surface area contributed by atoms with Gasteiger partial charge in [-0.25, -0.2) is 0 Å². The number of hydrogen-bond donors (Lipinski definition) is 1. The Balaban J connectivity index is 2.00. The van der Waals surface area contributed by atoms with E-state index in [0.717, 1.165) is 11.7 Å². The molecule has 0 aromatic heterocycles. The van der Waals surface area contributed by atoms with E-state index < -0.39 is 0 Å². The van der Waals surface area contributed by atoms with Crippen molar-refractivity contribution >= 4 is 0 Å². The van der Waals surface area contributed by atoms with Gasteiger partial charge in [-0.1, -0.05) is 12.1 Å². The Bertz CT molecular complexity index is 342. The first-order valence-corrected chi connectivity index (χ1v) is 5.58. The van der Waals surface area contributed by atoms with Crippen LogP contribution in [0, 0.1) is 12.8 Å². The van der Waals surface area contributed by atoms with Crippen LogP contribution in [0.4, 0.5) is 0 Å². The number of aryl methyl sites for hydroxylation is 1. The Morgan fingerprint density at radius 3 is 2.67 bits per heavy atom. The van der Waals surface area contributed by atoms with Gasteiger partial charge >= 0.3 is 0 Å². The highest BCUT2D eigenvalue weighted by Gasteiger charge is 2.25. The monoisotopic (exact) mass is 205 g/mol. The van der Waals surface area contributed by atoms with E-state index in [1.54, 1.807) is 7.11 Å². The van der Waals surface area contributed by atoms with Gasteiger partial charge in [0.25, 0.3) is 0 Å². The van der Waals surface area contributed by atoms with E-state index in [0.29, 0.717) is 6.04 Å². The molecule has 0 radical (unpaired) electrons. The highest BCUT2D eigenvalue weighted by Crippen LogP contribution is 2.30. The first-order valence-electron chi connectivity index (χ1n) is 5.58. The summed E-state index contributed by atoms with van der Waals surface area (Å²) >= 11 is 0. The predicted molar refractivity (Wildman–Crippen MR) is 62.1 cm³/mol. The third kappa shape index (κ3) is 2.32. The van der Waals surface area contributed by atoms with Crippen LogP contribution in [0.1, 0.15) is 24.0 Å². The molecule has 0 spiro atoms. The van der Waals surface area contributed by atoms with Crippen molar-refractivity contribution in [3.05, 3.63) is 29.3 Å². The summed E-state index contributed by atoms with van der Waals surface area (Å²) in [5.74, 6) is 1.77. The van der Waals surface area contributed by atoms with Crippen molar-refractivity contribution in [1.82, 2.24) is 0 Å². The van der Waals surface area contributed by atoms with Gasteiger partial charge in [-0.05, 0) is 49.3 Å². The van der Waals surface area contributed by atoms with Crippen LogP contribution in [-0.2, 0) is 6.42 Å². The molecule has 0 aliphatic heterocycles. The van der Waals surface area contributed by atoms with Crippen LogP contribution in [0.15, 0.2) is 18.2 Å². The van der Waals surface area contributed by atoms with E-state index in [4.69, 9.17) is 10.5 Å². The zero-order valence-electron chi connectivity index (χ0n) is 9.49. The number of methoxy groups -OCH3 is 1. The summed E-state index contributed by atoms with van der Waals surface area (Å²) in [6, 6.07) is 6.90. The lowest BCUT2D eigenvalue weighted by atomic mass is 9.77. The number of nitrogens with two attached hydrogens (primary N) is 1. The van der Waals surface area contributed by atoms with Crippen LogP contribution in [-0.4, -0.2) is 13.2 Å². The van der Waals surface area contributed by atoms with E-state index in [-0.39, 0.29) is 0 Å². The SMILES string of the molecule is COc1ccc(CC2CC(N)C2)cc1C. The van der Waals surface area contributed by atoms with E-state index >= 15 is 0 Å². The molecule has 1 fully saturated rings. The Labute approximate surface area is 91.4 Å². The van der Waals surface area contributed by atoms with Crippen LogP contribution >= 0.6 is 0 Å². The first-order chi connectivity index (χ1) is 7.19. The zero-order valence-corrected chi connectivity index (χ0v) is 9.49. The van der Waals surface area contributed by atoms with Gasteiger partial charge in [0.05, 0.1) is 7.11 Å². The highest BCUT2D eigenvalue weighted by atomic mass is 16.5. The fourth-order valence-electron chi connectivity index (χ4n) is 2.35. The van der Waals surface area contributed by atoms with E-state index in [9.17, 15) is 0 Å². The number of rotatable bonds is 3. The third-order valence-corrected chi connectivity index (χ3v) is 3.26. The van der Waals surface area contributed by atoms with E-state index in [1.165, 1.54) is 30.4 Å². The van der Waals surface area contributed by atoms with E-state index in [1.807, 2.05) is 0 Å². The molecule has 2 nitrogen and oxygen atoms in total. The molecule has 1 aromatic carbocycles.